The molecule has 74 heavy (non-hydrogen) atoms. The third kappa shape index (κ3) is 12.5. The minimum Gasteiger partial charge on any atom is -0.505 e. The van der Waals surface area contributed by atoms with Crippen LogP contribution in [0.5, 0.6) is 11.6 Å². The maximum absolute atomic E-state index is 12.8. The number of pyridine rings is 1. The summed E-state index contributed by atoms with van der Waals surface area (Å²) in [5, 5.41) is 104. The number of aromatic hydroxyl groups is 2. The van der Waals surface area contributed by atoms with Crippen molar-refractivity contribution in [2.45, 2.75) is 28.5 Å². The van der Waals surface area contributed by atoms with Crippen LogP contribution < -0.4 is 4.90 Å². The number of thiazole rings is 1. The van der Waals surface area contributed by atoms with E-state index in [1.54, 1.807) is 66.4 Å². The van der Waals surface area contributed by atoms with Crippen molar-refractivity contribution in [1.82, 2.24) is 14.4 Å². The largest absolute Gasteiger partial charge is 0.505 e. The van der Waals surface area contributed by atoms with Crippen LogP contribution in [-0.2, 0) is 39.0 Å². The average Bonchev–Trinajstić information content (AvgIpc) is 3.95. The number of phenols is 1. The van der Waals surface area contributed by atoms with E-state index in [9.17, 15) is 47.1 Å². The number of imidazole rings is 1. The monoisotopic (exact) mass is 1110 g/mol. The zero-order chi connectivity index (χ0) is 53.5. The Morgan fingerprint density at radius 3 is 2.12 bits per heavy atom. The summed E-state index contributed by atoms with van der Waals surface area (Å²) in [6.07, 6.45) is 0.715. The van der Waals surface area contributed by atoms with Crippen LogP contribution in [0.1, 0.15) is 16.7 Å². The Hall–Kier alpha value is -6.91. The van der Waals surface area contributed by atoms with E-state index >= 15 is 0 Å². The summed E-state index contributed by atoms with van der Waals surface area (Å²) in [7, 11) is -8.73. The van der Waals surface area contributed by atoms with E-state index in [2.05, 4.69) is 65.5 Å². The number of azo groups is 3. The zero-order valence-corrected chi connectivity index (χ0v) is 42.1. The first kappa shape index (κ1) is 54.9. The first-order valence-corrected chi connectivity index (χ1v) is 26.2. The number of hydrogen-bond donors (Lipinski definition) is 8. The van der Waals surface area contributed by atoms with Crippen LogP contribution >= 0.6 is 35.4 Å². The van der Waals surface area contributed by atoms with Gasteiger partial charge in [-0.15, -0.1) is 39.4 Å². The van der Waals surface area contributed by atoms with Gasteiger partial charge in [0.2, 0.25) is 11.0 Å². The Bertz CT molecular complexity index is 3800. The number of aliphatic hydroxyl groups excluding tert-OH is 2. The second-order valence-electron chi connectivity index (χ2n) is 15.1. The van der Waals surface area contributed by atoms with Crippen LogP contribution in [0.25, 0.3) is 37.7 Å². The number of aryl methyl sites for hydroxylation is 1. The third-order valence-corrected chi connectivity index (χ3v) is 13.2. The Labute approximate surface area is 429 Å². The highest BCUT2D eigenvalue weighted by atomic mass is 32.2. The van der Waals surface area contributed by atoms with Gasteiger partial charge in [-0.25, -0.2) is 20.5 Å². The molecule has 0 amide bonds. The van der Waals surface area contributed by atoms with E-state index in [1.165, 1.54) is 28.7 Å². The SMILES string of the molecule is CS(=O)(=O)O.Cc1cc(N=Nc2c(SOOO)cc3cc(S(=O)(=O)O)c(N=Nc4c(C)c(C#N)c5nc6ccccc6n5c4O)cc3c2O)c(N(CCO)CCO)cc1N=Nc1nc2ccc(SOOO)cc2s1. The Morgan fingerprint density at radius 1 is 0.784 bits per heavy atom. The lowest BCUT2D eigenvalue weighted by Gasteiger charge is -2.25. The van der Waals surface area contributed by atoms with Crippen LogP contribution in [0.3, 0.4) is 0 Å². The number of para-hydroxylation sites is 2. The Balaban J connectivity index is 0.00000153. The molecule has 8 aromatic rings. The minimum absolute atomic E-state index is 0.0137. The van der Waals surface area contributed by atoms with E-state index < -0.39 is 42.4 Å². The number of anilines is 1. The van der Waals surface area contributed by atoms with Crippen molar-refractivity contribution in [1.29, 1.82) is 5.26 Å². The number of rotatable bonds is 18. The molecule has 0 aliphatic heterocycles. The van der Waals surface area contributed by atoms with Gasteiger partial charge >= 0.3 is 0 Å². The van der Waals surface area contributed by atoms with Gasteiger partial charge in [-0.2, -0.15) is 22.1 Å². The fourth-order valence-corrected chi connectivity index (χ4v) is 9.57. The second-order valence-corrected chi connectivity index (χ2v) is 20.5. The summed E-state index contributed by atoms with van der Waals surface area (Å²) >= 11 is 2.37. The van der Waals surface area contributed by atoms with Crippen LogP contribution in [0.4, 0.5) is 39.3 Å². The lowest BCUT2D eigenvalue weighted by Crippen LogP contribution is -2.29. The lowest BCUT2D eigenvalue weighted by atomic mass is 10.1. The van der Waals surface area contributed by atoms with Gasteiger partial charge in [-0.1, -0.05) is 33.5 Å². The summed E-state index contributed by atoms with van der Waals surface area (Å²) in [6.45, 7) is 2.62. The predicted molar refractivity (Wildman–Crippen MR) is 268 cm³/mol. The van der Waals surface area contributed by atoms with Crippen molar-refractivity contribution in [2.24, 2.45) is 30.7 Å². The fraction of sp³-hybridized carbons (Fsp3) is 0.167. The fourth-order valence-electron chi connectivity index (χ4n) is 7.13. The summed E-state index contributed by atoms with van der Waals surface area (Å²) in [5.74, 6) is -1.10. The topological polar surface area (TPSA) is 398 Å². The molecule has 0 saturated carbocycles. The molecule has 8 N–H and O–H groups in total. The van der Waals surface area contributed by atoms with E-state index in [1.807, 2.05) is 0 Å². The van der Waals surface area contributed by atoms with Crippen molar-refractivity contribution < 1.29 is 75.6 Å². The highest BCUT2D eigenvalue weighted by Crippen LogP contribution is 2.48. The normalized spacial score (nSPS) is 12.3. The van der Waals surface area contributed by atoms with Crippen molar-refractivity contribution in [3.63, 3.8) is 0 Å². The molecular formula is C42H37N11O16S5. The van der Waals surface area contributed by atoms with Gasteiger partial charge in [-0.3, -0.25) is 13.5 Å². The number of hydrogen-bond acceptors (Lipinski definition) is 27. The molecule has 32 heteroatoms. The maximum Gasteiger partial charge on any atom is 0.296 e. The standard InChI is InChI=1S/C41H33N11O13S4.CH4O3S/c1-20-13-29(32(51(9-11-53)10-12-54)18-28(20)45-50-41-44-27-8-7-23(67-64-62-57)16-33(27)66-41)46-49-37-34(68-65-63-58)14-22-15-35(69(59,60)61)30(17-24(22)38(37)55)47-48-36-21(2)25(19-42)39-43-26-5-3-4-6-31(26)52(39)40(36)56;1-5(2,3)4/h3-8,13-18,53-58H,9-12H2,1-2H3,(H,59,60,61);1H3,(H,2,3,4). The van der Waals surface area contributed by atoms with Crippen LogP contribution in [0, 0.1) is 25.2 Å². The number of phenolic OH excluding ortho intramolecular Hbond substituents is 1. The first-order chi connectivity index (χ1) is 35.3. The Morgan fingerprint density at radius 2 is 1.45 bits per heavy atom. The average molecular weight is 1110 g/mol. The zero-order valence-electron chi connectivity index (χ0n) is 38.1. The molecular weight excluding hydrogens is 1070 g/mol. The van der Waals surface area contributed by atoms with Crippen molar-refractivity contribution in [3.05, 3.63) is 89.5 Å². The molecule has 27 nitrogen and oxygen atoms in total. The molecule has 0 unspecified atom stereocenters. The number of benzene rings is 5. The number of nitriles is 1. The van der Waals surface area contributed by atoms with Gasteiger partial charge in [0, 0.05) is 28.9 Å². The molecule has 0 fully saturated rings. The maximum atomic E-state index is 12.8. The number of fused-ring (bicyclic) bond motifs is 5. The summed E-state index contributed by atoms with van der Waals surface area (Å²) < 4.78 is 73.1. The molecule has 0 spiro atoms. The molecule has 3 aromatic heterocycles. The van der Waals surface area contributed by atoms with Crippen LogP contribution in [-0.4, -0.2) is 104 Å². The molecule has 0 saturated heterocycles. The summed E-state index contributed by atoms with van der Waals surface area (Å²) in [5.41, 5.74) is 2.23. The predicted octanol–water partition coefficient (Wildman–Crippen LogP) is 9.79. The van der Waals surface area contributed by atoms with Gasteiger partial charge in [0.1, 0.15) is 33.6 Å². The third-order valence-electron chi connectivity index (χ3n) is 10.3. The molecule has 0 bridgehead atoms. The molecule has 3 heterocycles. The molecule has 0 aliphatic carbocycles. The van der Waals surface area contributed by atoms with Gasteiger partial charge in [0.25, 0.3) is 20.2 Å². The number of nitrogens with zero attached hydrogens (tertiary/aromatic N) is 11. The molecule has 0 aliphatic rings. The van der Waals surface area contributed by atoms with E-state index in [-0.39, 0.29) is 75.8 Å². The van der Waals surface area contributed by atoms with E-state index in [4.69, 9.17) is 15.1 Å². The Kier molecular flexibility index (Phi) is 17.4. The summed E-state index contributed by atoms with van der Waals surface area (Å²) in [6, 6.07) is 20.6. The van der Waals surface area contributed by atoms with Gasteiger partial charge < -0.3 is 25.3 Å². The molecule has 8 rings (SSSR count). The molecule has 386 valence electrons. The van der Waals surface area contributed by atoms with E-state index in [0.29, 0.717) is 61.8 Å². The minimum atomic E-state index is -5.06. The highest BCUT2D eigenvalue weighted by molar-refractivity contribution is 7.95. The first-order valence-electron chi connectivity index (χ1n) is 20.6. The van der Waals surface area contributed by atoms with Crippen molar-refractivity contribution >= 4 is 133 Å². The van der Waals surface area contributed by atoms with Gasteiger partial charge in [0.05, 0.1) is 81.1 Å². The quantitative estimate of drug-likeness (QED) is 0.0130. The number of aliphatic hydroxyl groups is 2. The molecule has 0 atom stereocenters. The van der Waals surface area contributed by atoms with Crippen molar-refractivity contribution in [3.8, 4) is 17.7 Å². The highest BCUT2D eigenvalue weighted by Gasteiger charge is 2.25. The molecule has 5 aromatic carbocycles. The second kappa shape index (κ2) is 23.5. The number of aromatic nitrogens is 3. The molecule has 0 radical (unpaired) electrons. The van der Waals surface area contributed by atoms with Crippen molar-refractivity contribution in [2.75, 3.05) is 37.5 Å². The summed E-state index contributed by atoms with van der Waals surface area (Å²) in [4.78, 5) is 10.4. The van der Waals surface area contributed by atoms with E-state index in [0.717, 1.165) is 28.9 Å². The lowest BCUT2D eigenvalue weighted by molar-refractivity contribution is -0.432. The smallest absolute Gasteiger partial charge is 0.296 e. The van der Waals surface area contributed by atoms with Gasteiger partial charge in [-0.05, 0) is 85.5 Å². The van der Waals surface area contributed by atoms with Gasteiger partial charge in [0.15, 0.2) is 17.1 Å². The van der Waals surface area contributed by atoms with Crippen LogP contribution in [0.15, 0.2) is 118 Å². The van der Waals surface area contributed by atoms with Crippen LogP contribution in [0.2, 0.25) is 0 Å².